The molecular formula is C13H25N3. The van der Waals surface area contributed by atoms with E-state index in [1.807, 2.05) is 4.68 Å². The standard InChI is InChI=1S/C13H25N3/c1-8-16-11(13(5,6)7)10(14-15-16)9-12(2,3)4/h8-9H2,1-7H3. The Labute approximate surface area is 99.2 Å². The first-order valence-corrected chi connectivity index (χ1v) is 6.08. The van der Waals surface area contributed by atoms with Crippen LogP contribution in [-0.2, 0) is 18.4 Å². The van der Waals surface area contributed by atoms with Crippen LogP contribution in [0.15, 0.2) is 0 Å². The molecule has 0 fully saturated rings. The molecule has 0 aromatic carbocycles. The fourth-order valence-corrected chi connectivity index (χ4v) is 2.01. The third-order valence-electron chi connectivity index (χ3n) is 2.51. The van der Waals surface area contributed by atoms with Crippen molar-refractivity contribution in [3.05, 3.63) is 11.4 Å². The Hall–Kier alpha value is -0.860. The molecule has 0 aliphatic rings. The molecule has 92 valence electrons. The van der Waals surface area contributed by atoms with Crippen LogP contribution in [0.25, 0.3) is 0 Å². The predicted molar refractivity (Wildman–Crippen MR) is 67.6 cm³/mol. The van der Waals surface area contributed by atoms with E-state index in [9.17, 15) is 0 Å². The van der Waals surface area contributed by atoms with Crippen LogP contribution >= 0.6 is 0 Å². The van der Waals surface area contributed by atoms with Gasteiger partial charge in [0, 0.05) is 12.0 Å². The van der Waals surface area contributed by atoms with Gasteiger partial charge in [-0.25, -0.2) is 4.68 Å². The molecule has 0 amide bonds. The first-order valence-electron chi connectivity index (χ1n) is 6.08. The van der Waals surface area contributed by atoms with Gasteiger partial charge in [0.1, 0.15) is 0 Å². The van der Waals surface area contributed by atoms with Gasteiger partial charge >= 0.3 is 0 Å². The second-order valence-electron chi connectivity index (χ2n) is 6.69. The quantitative estimate of drug-likeness (QED) is 0.771. The number of hydrogen-bond acceptors (Lipinski definition) is 2. The summed E-state index contributed by atoms with van der Waals surface area (Å²) in [6.07, 6.45) is 0.986. The molecule has 0 bridgehead atoms. The molecule has 3 nitrogen and oxygen atoms in total. The molecular weight excluding hydrogens is 198 g/mol. The number of hydrogen-bond donors (Lipinski definition) is 0. The normalized spacial score (nSPS) is 13.2. The topological polar surface area (TPSA) is 30.7 Å². The Morgan fingerprint density at radius 2 is 1.62 bits per heavy atom. The molecule has 0 saturated carbocycles. The van der Waals surface area contributed by atoms with E-state index < -0.39 is 0 Å². The van der Waals surface area contributed by atoms with Crippen molar-refractivity contribution >= 4 is 0 Å². The van der Waals surface area contributed by atoms with Crippen molar-refractivity contribution < 1.29 is 0 Å². The van der Waals surface area contributed by atoms with E-state index in [0.29, 0.717) is 0 Å². The Balaban J connectivity index is 3.16. The van der Waals surface area contributed by atoms with E-state index in [1.54, 1.807) is 0 Å². The summed E-state index contributed by atoms with van der Waals surface area (Å²) in [5.41, 5.74) is 2.81. The average molecular weight is 223 g/mol. The highest BCUT2D eigenvalue weighted by Gasteiger charge is 2.27. The van der Waals surface area contributed by atoms with E-state index in [1.165, 1.54) is 5.69 Å². The second kappa shape index (κ2) is 4.19. The summed E-state index contributed by atoms with van der Waals surface area (Å²) >= 11 is 0. The molecule has 0 unspecified atom stereocenters. The summed E-state index contributed by atoms with van der Waals surface area (Å²) in [6.45, 7) is 16.4. The summed E-state index contributed by atoms with van der Waals surface area (Å²) in [5, 5.41) is 8.60. The van der Waals surface area contributed by atoms with E-state index in [4.69, 9.17) is 0 Å². The maximum Gasteiger partial charge on any atom is 0.0869 e. The molecule has 0 radical (unpaired) electrons. The largest absolute Gasteiger partial charge is 0.249 e. The number of nitrogens with zero attached hydrogens (tertiary/aromatic N) is 3. The van der Waals surface area contributed by atoms with Crippen LogP contribution in [0.3, 0.4) is 0 Å². The Kier molecular flexibility index (Phi) is 3.46. The van der Waals surface area contributed by atoms with Gasteiger partial charge < -0.3 is 0 Å². The number of aryl methyl sites for hydroxylation is 1. The molecule has 0 atom stereocenters. The lowest BCUT2D eigenvalue weighted by atomic mass is 9.84. The summed E-state index contributed by atoms with van der Waals surface area (Å²) in [6, 6.07) is 0. The average Bonchev–Trinajstić information content (AvgIpc) is 2.43. The smallest absolute Gasteiger partial charge is 0.0869 e. The molecule has 16 heavy (non-hydrogen) atoms. The number of aromatic nitrogens is 3. The van der Waals surface area contributed by atoms with Gasteiger partial charge in [0.25, 0.3) is 0 Å². The molecule has 0 aliphatic heterocycles. The van der Waals surface area contributed by atoms with Crippen LogP contribution in [0.4, 0.5) is 0 Å². The van der Waals surface area contributed by atoms with Gasteiger partial charge in [0.2, 0.25) is 0 Å². The fourth-order valence-electron chi connectivity index (χ4n) is 2.01. The predicted octanol–water partition coefficient (Wildman–Crippen LogP) is 3.18. The lowest BCUT2D eigenvalue weighted by molar-refractivity contribution is 0.399. The maximum absolute atomic E-state index is 4.35. The lowest BCUT2D eigenvalue weighted by Gasteiger charge is -2.23. The molecule has 0 aliphatic carbocycles. The first kappa shape index (κ1) is 13.2. The highest BCUT2D eigenvalue weighted by atomic mass is 15.4. The Bertz CT molecular complexity index is 350. The zero-order chi connectivity index (χ0) is 12.6. The van der Waals surface area contributed by atoms with Crippen molar-refractivity contribution in [2.24, 2.45) is 5.41 Å². The van der Waals surface area contributed by atoms with Gasteiger partial charge in [0.05, 0.1) is 11.4 Å². The van der Waals surface area contributed by atoms with E-state index in [0.717, 1.165) is 18.7 Å². The second-order valence-corrected chi connectivity index (χ2v) is 6.69. The maximum atomic E-state index is 4.35. The number of rotatable bonds is 2. The lowest BCUT2D eigenvalue weighted by Crippen LogP contribution is -2.22. The van der Waals surface area contributed by atoms with Gasteiger partial charge in [-0.3, -0.25) is 0 Å². The molecule has 3 heteroatoms. The van der Waals surface area contributed by atoms with Crippen molar-refractivity contribution in [2.75, 3.05) is 0 Å². The first-order chi connectivity index (χ1) is 7.15. The highest BCUT2D eigenvalue weighted by molar-refractivity contribution is 5.20. The van der Waals surface area contributed by atoms with Crippen LogP contribution in [0.1, 0.15) is 59.9 Å². The molecule has 1 heterocycles. The monoisotopic (exact) mass is 223 g/mol. The van der Waals surface area contributed by atoms with E-state index in [2.05, 4.69) is 58.8 Å². The molecule has 0 spiro atoms. The molecule has 1 aromatic heterocycles. The van der Waals surface area contributed by atoms with Crippen LogP contribution in [-0.4, -0.2) is 15.0 Å². The van der Waals surface area contributed by atoms with Crippen molar-refractivity contribution in [1.82, 2.24) is 15.0 Å². The summed E-state index contributed by atoms with van der Waals surface area (Å²) in [4.78, 5) is 0. The third-order valence-corrected chi connectivity index (χ3v) is 2.51. The minimum atomic E-state index is 0.111. The van der Waals surface area contributed by atoms with Crippen molar-refractivity contribution in [1.29, 1.82) is 0 Å². The Morgan fingerprint density at radius 3 is 2.00 bits per heavy atom. The van der Waals surface area contributed by atoms with Crippen molar-refractivity contribution in [3.8, 4) is 0 Å². The highest BCUT2D eigenvalue weighted by Crippen LogP contribution is 2.29. The Morgan fingerprint density at radius 1 is 1.06 bits per heavy atom. The SMILES string of the molecule is CCn1nnc(CC(C)(C)C)c1C(C)(C)C. The molecule has 0 saturated heterocycles. The van der Waals surface area contributed by atoms with Crippen LogP contribution < -0.4 is 0 Å². The van der Waals surface area contributed by atoms with Gasteiger partial charge in [-0.05, 0) is 18.8 Å². The molecule has 0 N–H and O–H groups in total. The zero-order valence-electron chi connectivity index (χ0n) is 11.8. The van der Waals surface area contributed by atoms with Gasteiger partial charge in [0.15, 0.2) is 0 Å². The summed E-state index contributed by atoms with van der Waals surface area (Å²) in [7, 11) is 0. The minimum Gasteiger partial charge on any atom is -0.249 e. The van der Waals surface area contributed by atoms with Gasteiger partial charge in [-0.15, -0.1) is 5.10 Å². The third kappa shape index (κ3) is 3.06. The van der Waals surface area contributed by atoms with Crippen molar-refractivity contribution in [2.45, 2.75) is 66.8 Å². The molecule has 1 rings (SSSR count). The van der Waals surface area contributed by atoms with E-state index in [-0.39, 0.29) is 10.8 Å². The van der Waals surface area contributed by atoms with Gasteiger partial charge in [-0.2, -0.15) is 0 Å². The zero-order valence-corrected chi connectivity index (χ0v) is 11.8. The van der Waals surface area contributed by atoms with Crippen LogP contribution in [0.5, 0.6) is 0 Å². The van der Waals surface area contributed by atoms with Crippen LogP contribution in [0.2, 0.25) is 0 Å². The van der Waals surface area contributed by atoms with Crippen LogP contribution in [0, 0.1) is 5.41 Å². The van der Waals surface area contributed by atoms with E-state index >= 15 is 0 Å². The summed E-state index contributed by atoms with van der Waals surface area (Å²) < 4.78 is 2.03. The molecule has 1 aromatic rings. The minimum absolute atomic E-state index is 0.111. The van der Waals surface area contributed by atoms with Crippen molar-refractivity contribution in [3.63, 3.8) is 0 Å². The fraction of sp³-hybridized carbons (Fsp3) is 0.846. The van der Waals surface area contributed by atoms with Gasteiger partial charge in [-0.1, -0.05) is 46.8 Å². The summed E-state index contributed by atoms with van der Waals surface area (Å²) in [5.74, 6) is 0.